The van der Waals surface area contributed by atoms with Crippen LogP contribution in [0.2, 0.25) is 0 Å². The highest BCUT2D eigenvalue weighted by Gasteiger charge is 2.20. The zero-order chi connectivity index (χ0) is 7.84. The summed E-state index contributed by atoms with van der Waals surface area (Å²) in [6, 6.07) is 0.630. The van der Waals surface area contributed by atoms with Crippen LogP contribution in [0.25, 0.3) is 0 Å². The normalized spacial score (nSPS) is 25.1. The number of nitrogens with zero attached hydrogens (tertiary/aromatic N) is 2. The molecule has 0 aromatic carbocycles. The Morgan fingerprint density at radius 3 is 3.36 bits per heavy atom. The first-order valence-corrected chi connectivity index (χ1v) is 3.98. The predicted molar refractivity (Wildman–Crippen MR) is 43.2 cm³/mol. The van der Waals surface area contributed by atoms with Crippen molar-refractivity contribution in [3.63, 3.8) is 0 Å². The van der Waals surface area contributed by atoms with Crippen molar-refractivity contribution in [2.24, 2.45) is 0 Å². The van der Waals surface area contributed by atoms with Crippen LogP contribution >= 0.6 is 0 Å². The number of likely N-dealkylation sites (N-methyl/N-ethyl adjacent to an activating group) is 1. The summed E-state index contributed by atoms with van der Waals surface area (Å²) in [5.41, 5.74) is 2.53. The molecule has 1 unspecified atom stereocenters. The van der Waals surface area contributed by atoms with Crippen LogP contribution in [0.3, 0.4) is 0 Å². The lowest BCUT2D eigenvalue weighted by molar-refractivity contribution is 0.227. The largest absolute Gasteiger partial charge is 0.347 e. The van der Waals surface area contributed by atoms with Gasteiger partial charge in [-0.3, -0.25) is 4.90 Å². The summed E-state index contributed by atoms with van der Waals surface area (Å²) in [5, 5.41) is 0. The van der Waals surface area contributed by atoms with Gasteiger partial charge in [-0.05, 0) is 14.0 Å². The maximum absolute atomic E-state index is 4.26. The van der Waals surface area contributed by atoms with Crippen LogP contribution in [0.4, 0.5) is 0 Å². The van der Waals surface area contributed by atoms with Gasteiger partial charge in [0.25, 0.3) is 0 Å². The van der Waals surface area contributed by atoms with Crippen LogP contribution in [-0.4, -0.2) is 28.0 Å². The van der Waals surface area contributed by atoms with Gasteiger partial charge in [0, 0.05) is 19.0 Å². The van der Waals surface area contributed by atoms with Crippen molar-refractivity contribution in [1.29, 1.82) is 0 Å². The van der Waals surface area contributed by atoms with Gasteiger partial charge >= 0.3 is 0 Å². The lowest BCUT2D eigenvalue weighted by atomic mass is 10.1. The molecule has 1 aromatic heterocycles. The number of aromatic nitrogens is 2. The Morgan fingerprint density at radius 2 is 2.55 bits per heavy atom. The molecule has 3 heteroatoms. The minimum atomic E-state index is 0.630. The van der Waals surface area contributed by atoms with E-state index in [0.29, 0.717) is 6.04 Å². The van der Waals surface area contributed by atoms with Crippen LogP contribution in [0.5, 0.6) is 0 Å². The summed E-state index contributed by atoms with van der Waals surface area (Å²) in [4.78, 5) is 9.75. The second kappa shape index (κ2) is 2.34. The van der Waals surface area contributed by atoms with Crippen LogP contribution in [0, 0.1) is 0 Å². The third-order valence-corrected chi connectivity index (χ3v) is 2.46. The van der Waals surface area contributed by atoms with Gasteiger partial charge in [0.05, 0.1) is 17.7 Å². The number of hydrogen-bond acceptors (Lipinski definition) is 2. The maximum atomic E-state index is 4.26. The van der Waals surface area contributed by atoms with Crippen molar-refractivity contribution in [2.45, 2.75) is 25.9 Å². The molecule has 11 heavy (non-hydrogen) atoms. The molecule has 0 saturated heterocycles. The number of hydrogen-bond donors (Lipinski definition) is 1. The van der Waals surface area contributed by atoms with Crippen molar-refractivity contribution >= 4 is 0 Å². The zero-order valence-corrected chi connectivity index (χ0v) is 6.96. The average Bonchev–Trinajstić information content (AvgIpc) is 2.36. The minimum Gasteiger partial charge on any atom is -0.347 e. The van der Waals surface area contributed by atoms with E-state index in [1.54, 1.807) is 6.33 Å². The minimum absolute atomic E-state index is 0.630. The molecule has 1 N–H and O–H groups in total. The van der Waals surface area contributed by atoms with Gasteiger partial charge in [0.1, 0.15) is 0 Å². The van der Waals surface area contributed by atoms with E-state index in [1.807, 2.05) is 0 Å². The molecule has 1 aliphatic heterocycles. The third-order valence-electron chi connectivity index (χ3n) is 2.46. The Morgan fingerprint density at radius 1 is 1.73 bits per heavy atom. The van der Waals surface area contributed by atoms with Crippen molar-refractivity contribution in [3.05, 3.63) is 17.7 Å². The van der Waals surface area contributed by atoms with E-state index in [1.165, 1.54) is 11.4 Å². The Bertz CT molecular complexity index is 229. The Balaban J connectivity index is 2.30. The van der Waals surface area contributed by atoms with Gasteiger partial charge in [-0.2, -0.15) is 0 Å². The molecule has 0 amide bonds. The molecule has 1 aliphatic rings. The zero-order valence-electron chi connectivity index (χ0n) is 6.96. The van der Waals surface area contributed by atoms with E-state index in [9.17, 15) is 0 Å². The SMILES string of the molecule is CC1Cc2nc[nH]c2CN1C. The highest BCUT2D eigenvalue weighted by molar-refractivity contribution is 5.15. The monoisotopic (exact) mass is 151 g/mol. The van der Waals surface area contributed by atoms with Crippen LogP contribution in [0.15, 0.2) is 6.33 Å². The van der Waals surface area contributed by atoms with Gasteiger partial charge in [-0.25, -0.2) is 4.98 Å². The van der Waals surface area contributed by atoms with E-state index in [2.05, 4.69) is 28.8 Å². The molecule has 60 valence electrons. The van der Waals surface area contributed by atoms with Crippen molar-refractivity contribution < 1.29 is 0 Å². The first-order valence-electron chi connectivity index (χ1n) is 3.98. The molecule has 0 saturated carbocycles. The van der Waals surface area contributed by atoms with Crippen LogP contribution < -0.4 is 0 Å². The first-order chi connectivity index (χ1) is 5.27. The average molecular weight is 151 g/mol. The fourth-order valence-corrected chi connectivity index (χ4v) is 1.50. The van der Waals surface area contributed by atoms with Crippen molar-refractivity contribution in [1.82, 2.24) is 14.9 Å². The van der Waals surface area contributed by atoms with E-state index < -0.39 is 0 Å². The van der Waals surface area contributed by atoms with Gasteiger partial charge in [0.15, 0.2) is 0 Å². The number of H-pyrrole nitrogens is 1. The number of nitrogens with one attached hydrogen (secondary N) is 1. The summed E-state index contributed by atoms with van der Waals surface area (Å²) in [6.45, 7) is 3.24. The molecular formula is C8H13N3. The number of fused-ring (bicyclic) bond motifs is 1. The summed E-state index contributed by atoms with van der Waals surface area (Å²) in [6.07, 6.45) is 2.87. The van der Waals surface area contributed by atoms with Crippen LogP contribution in [-0.2, 0) is 13.0 Å². The summed E-state index contributed by atoms with van der Waals surface area (Å²) >= 11 is 0. The smallest absolute Gasteiger partial charge is 0.0925 e. The van der Waals surface area contributed by atoms with Crippen molar-refractivity contribution in [2.75, 3.05) is 7.05 Å². The van der Waals surface area contributed by atoms with E-state index >= 15 is 0 Å². The topological polar surface area (TPSA) is 31.9 Å². The lowest BCUT2D eigenvalue weighted by Gasteiger charge is -2.28. The highest BCUT2D eigenvalue weighted by Crippen LogP contribution is 2.17. The number of aromatic amines is 1. The quantitative estimate of drug-likeness (QED) is 0.594. The Kier molecular flexibility index (Phi) is 1.46. The van der Waals surface area contributed by atoms with E-state index in [-0.39, 0.29) is 0 Å². The molecule has 0 bridgehead atoms. The van der Waals surface area contributed by atoms with Gasteiger partial charge < -0.3 is 4.98 Å². The summed E-state index contributed by atoms with van der Waals surface area (Å²) in [5.74, 6) is 0. The van der Waals surface area contributed by atoms with Crippen molar-refractivity contribution in [3.8, 4) is 0 Å². The molecule has 1 aromatic rings. The van der Waals surface area contributed by atoms with Gasteiger partial charge in [0.2, 0.25) is 0 Å². The molecular weight excluding hydrogens is 138 g/mol. The summed E-state index contributed by atoms with van der Waals surface area (Å²) in [7, 11) is 2.15. The Hall–Kier alpha value is -0.830. The fraction of sp³-hybridized carbons (Fsp3) is 0.625. The molecule has 3 nitrogen and oxygen atoms in total. The lowest BCUT2D eigenvalue weighted by Crippen LogP contribution is -2.35. The third kappa shape index (κ3) is 1.05. The molecule has 0 aliphatic carbocycles. The van der Waals surface area contributed by atoms with E-state index in [0.717, 1.165) is 13.0 Å². The molecule has 2 rings (SSSR count). The molecule has 0 radical (unpaired) electrons. The summed E-state index contributed by atoms with van der Waals surface area (Å²) < 4.78 is 0. The van der Waals surface area contributed by atoms with Gasteiger partial charge in [-0.1, -0.05) is 0 Å². The molecule has 2 heterocycles. The fourth-order valence-electron chi connectivity index (χ4n) is 1.50. The van der Waals surface area contributed by atoms with E-state index in [4.69, 9.17) is 0 Å². The molecule has 0 spiro atoms. The maximum Gasteiger partial charge on any atom is 0.0925 e. The molecule has 0 fully saturated rings. The van der Waals surface area contributed by atoms with Gasteiger partial charge in [-0.15, -0.1) is 0 Å². The Labute approximate surface area is 66.4 Å². The second-order valence-corrected chi connectivity index (χ2v) is 3.30. The standard InChI is InChI=1S/C8H13N3/c1-6-3-7-8(4-11(6)2)10-5-9-7/h5-6H,3-4H2,1-2H3,(H,9,10). The molecule has 1 atom stereocenters. The highest BCUT2D eigenvalue weighted by atomic mass is 15.2. The number of imidazole rings is 1. The number of rotatable bonds is 0. The van der Waals surface area contributed by atoms with Crippen LogP contribution in [0.1, 0.15) is 18.3 Å². The predicted octanol–water partition coefficient (Wildman–Crippen LogP) is 0.786. The second-order valence-electron chi connectivity index (χ2n) is 3.30. The first kappa shape index (κ1) is 6.85.